The first kappa shape index (κ1) is 16.0. The molecule has 0 saturated carbocycles. The minimum atomic E-state index is 0.0148. The summed E-state index contributed by atoms with van der Waals surface area (Å²) in [5.74, 6) is 0.0148. The summed E-state index contributed by atoms with van der Waals surface area (Å²) in [6, 6.07) is 26.7. The van der Waals surface area contributed by atoms with Crippen LogP contribution in [0.25, 0.3) is 22.2 Å². The second-order valence-corrected chi connectivity index (χ2v) is 6.14. The third kappa shape index (κ3) is 2.74. The summed E-state index contributed by atoms with van der Waals surface area (Å²) in [7, 11) is 0. The molecule has 3 heteroatoms. The van der Waals surface area contributed by atoms with Crippen LogP contribution in [-0.2, 0) is 6.54 Å². The van der Waals surface area contributed by atoms with Crippen molar-refractivity contribution in [2.75, 3.05) is 0 Å². The van der Waals surface area contributed by atoms with E-state index >= 15 is 0 Å². The molecule has 0 aliphatic rings. The highest BCUT2D eigenvalue weighted by molar-refractivity contribution is 6.06. The second kappa shape index (κ2) is 6.81. The van der Waals surface area contributed by atoms with Crippen LogP contribution < -0.4 is 0 Å². The van der Waals surface area contributed by atoms with Crippen molar-refractivity contribution in [1.29, 1.82) is 0 Å². The van der Waals surface area contributed by atoms with E-state index in [2.05, 4.69) is 0 Å². The zero-order valence-corrected chi connectivity index (χ0v) is 14.1. The molecule has 0 radical (unpaired) electrons. The third-order valence-electron chi connectivity index (χ3n) is 4.57. The monoisotopic (exact) mass is 339 g/mol. The van der Waals surface area contributed by atoms with Crippen molar-refractivity contribution < 1.29 is 9.59 Å². The maximum absolute atomic E-state index is 12.8. The zero-order chi connectivity index (χ0) is 17.9. The molecule has 0 N–H and O–H groups in total. The van der Waals surface area contributed by atoms with Gasteiger partial charge in [0.1, 0.15) is 0 Å². The highest BCUT2D eigenvalue weighted by Gasteiger charge is 2.20. The molecular formula is C23H17NO2. The van der Waals surface area contributed by atoms with Gasteiger partial charge in [0.15, 0.2) is 12.1 Å². The van der Waals surface area contributed by atoms with Gasteiger partial charge in [0, 0.05) is 22.0 Å². The Morgan fingerprint density at radius 3 is 2.12 bits per heavy atom. The topological polar surface area (TPSA) is 39.1 Å². The lowest BCUT2D eigenvalue weighted by molar-refractivity contribution is 0.0973. The molecule has 3 nitrogen and oxygen atoms in total. The first-order chi connectivity index (χ1) is 12.8. The van der Waals surface area contributed by atoms with Crippen molar-refractivity contribution in [3.63, 3.8) is 0 Å². The molecule has 26 heavy (non-hydrogen) atoms. The van der Waals surface area contributed by atoms with Gasteiger partial charge in [-0.3, -0.25) is 9.59 Å². The molecule has 0 aliphatic carbocycles. The number of hydrogen-bond donors (Lipinski definition) is 0. The van der Waals surface area contributed by atoms with Gasteiger partial charge in [-0.15, -0.1) is 0 Å². The molecule has 3 aromatic carbocycles. The molecule has 0 fully saturated rings. The Morgan fingerprint density at radius 1 is 0.808 bits per heavy atom. The van der Waals surface area contributed by atoms with Crippen LogP contribution in [0.3, 0.4) is 0 Å². The molecule has 0 bridgehead atoms. The lowest BCUT2D eigenvalue weighted by Crippen LogP contribution is -2.11. The van der Waals surface area contributed by atoms with E-state index in [9.17, 15) is 9.59 Å². The number of nitrogens with zero attached hydrogens (tertiary/aromatic N) is 1. The van der Waals surface area contributed by atoms with Gasteiger partial charge in [-0.25, -0.2) is 0 Å². The highest BCUT2D eigenvalue weighted by Crippen LogP contribution is 2.33. The summed E-state index contributed by atoms with van der Waals surface area (Å²) >= 11 is 0. The van der Waals surface area contributed by atoms with Crippen molar-refractivity contribution in [1.82, 2.24) is 4.57 Å². The van der Waals surface area contributed by atoms with Crippen molar-refractivity contribution >= 4 is 23.0 Å². The van der Waals surface area contributed by atoms with Gasteiger partial charge in [-0.1, -0.05) is 78.9 Å². The molecule has 0 atom stereocenters. The van der Waals surface area contributed by atoms with Crippen LogP contribution in [0.1, 0.15) is 20.7 Å². The fourth-order valence-corrected chi connectivity index (χ4v) is 3.38. The maximum Gasteiger partial charge on any atom is 0.182 e. The number of carbonyl (C=O) groups excluding carboxylic acids is 2. The van der Waals surface area contributed by atoms with Gasteiger partial charge in [-0.2, -0.15) is 0 Å². The number of rotatable bonds is 5. The first-order valence-corrected chi connectivity index (χ1v) is 8.49. The molecule has 0 saturated heterocycles. The highest BCUT2D eigenvalue weighted by atomic mass is 16.1. The summed E-state index contributed by atoms with van der Waals surface area (Å²) in [6.07, 6.45) is 0.883. The smallest absolute Gasteiger partial charge is 0.182 e. The normalized spacial score (nSPS) is 10.8. The Morgan fingerprint density at radius 2 is 1.42 bits per heavy atom. The number of hydrogen-bond acceptors (Lipinski definition) is 2. The molecule has 1 aromatic heterocycles. The van der Waals surface area contributed by atoms with Gasteiger partial charge in [0.05, 0.1) is 12.2 Å². The second-order valence-electron chi connectivity index (χ2n) is 6.14. The van der Waals surface area contributed by atoms with E-state index in [-0.39, 0.29) is 12.3 Å². The summed E-state index contributed by atoms with van der Waals surface area (Å²) in [6.45, 7) is 0.183. The average molecular weight is 339 g/mol. The van der Waals surface area contributed by atoms with Gasteiger partial charge in [0.25, 0.3) is 0 Å². The lowest BCUT2D eigenvalue weighted by Gasteiger charge is -2.11. The number of carbonyl (C=O) groups is 2. The van der Waals surface area contributed by atoms with Crippen molar-refractivity contribution in [2.24, 2.45) is 0 Å². The number of Topliss-reactive ketones (excluding diaryl/α,β-unsaturated/α-hetero) is 1. The maximum atomic E-state index is 12.8. The Bertz CT molecular complexity index is 1080. The Kier molecular flexibility index (Phi) is 4.20. The van der Waals surface area contributed by atoms with E-state index in [4.69, 9.17) is 0 Å². The van der Waals surface area contributed by atoms with Gasteiger partial charge in [-0.05, 0) is 11.6 Å². The molecular weight excluding hydrogens is 322 g/mol. The van der Waals surface area contributed by atoms with E-state index in [0.29, 0.717) is 11.1 Å². The summed E-state index contributed by atoms with van der Waals surface area (Å²) in [4.78, 5) is 24.7. The fourth-order valence-electron chi connectivity index (χ4n) is 3.38. The molecule has 4 rings (SSSR count). The predicted octanol–water partition coefficient (Wildman–Crippen LogP) is 5.00. The number of para-hydroxylation sites is 1. The Labute approximate surface area is 151 Å². The van der Waals surface area contributed by atoms with E-state index in [0.717, 1.165) is 28.4 Å². The van der Waals surface area contributed by atoms with E-state index in [1.807, 2.05) is 89.5 Å². The van der Waals surface area contributed by atoms with Gasteiger partial charge < -0.3 is 4.57 Å². The van der Waals surface area contributed by atoms with Crippen LogP contribution in [0.4, 0.5) is 0 Å². The van der Waals surface area contributed by atoms with Crippen molar-refractivity contribution in [3.05, 3.63) is 96.1 Å². The van der Waals surface area contributed by atoms with Gasteiger partial charge >= 0.3 is 0 Å². The number of fused-ring (bicyclic) bond motifs is 1. The van der Waals surface area contributed by atoms with Crippen LogP contribution in [0.5, 0.6) is 0 Å². The Balaban J connectivity index is 1.93. The number of ketones is 1. The molecule has 0 spiro atoms. The average Bonchev–Trinajstić information content (AvgIpc) is 3.03. The lowest BCUT2D eigenvalue weighted by atomic mass is 10.1. The number of aromatic nitrogens is 1. The molecule has 1 heterocycles. The van der Waals surface area contributed by atoms with Crippen molar-refractivity contribution in [2.45, 2.75) is 6.54 Å². The van der Waals surface area contributed by atoms with Crippen LogP contribution in [-0.4, -0.2) is 16.6 Å². The summed E-state index contributed by atoms with van der Waals surface area (Å²) in [5.41, 5.74) is 3.88. The van der Waals surface area contributed by atoms with Crippen LogP contribution >= 0.6 is 0 Å². The molecule has 0 amide bonds. The molecule has 126 valence electrons. The Hall–Kier alpha value is -3.46. The largest absolute Gasteiger partial charge is 0.332 e. The number of aldehydes is 1. The van der Waals surface area contributed by atoms with Crippen LogP contribution in [0, 0.1) is 0 Å². The summed E-state index contributed by atoms with van der Waals surface area (Å²) in [5, 5.41) is 0.863. The van der Waals surface area contributed by atoms with Crippen LogP contribution in [0.2, 0.25) is 0 Å². The van der Waals surface area contributed by atoms with E-state index in [1.54, 1.807) is 0 Å². The molecule has 0 aliphatic heterocycles. The first-order valence-electron chi connectivity index (χ1n) is 8.49. The molecule has 0 unspecified atom stereocenters. The van der Waals surface area contributed by atoms with Crippen LogP contribution in [0.15, 0.2) is 84.9 Å². The third-order valence-corrected chi connectivity index (χ3v) is 4.57. The molecule has 4 aromatic rings. The number of benzene rings is 3. The van der Waals surface area contributed by atoms with E-state index < -0.39 is 0 Å². The predicted molar refractivity (Wildman–Crippen MR) is 104 cm³/mol. The summed E-state index contributed by atoms with van der Waals surface area (Å²) < 4.78 is 1.95. The fraction of sp³-hybridized carbons (Fsp3) is 0.0435. The van der Waals surface area contributed by atoms with Crippen molar-refractivity contribution in [3.8, 4) is 11.3 Å². The minimum Gasteiger partial charge on any atom is -0.332 e. The SMILES string of the molecule is O=Cc1c(-c2ccccc2)n(CC(=O)c2ccccc2)c2ccccc12. The standard InChI is InChI=1S/C23H17NO2/c25-16-20-19-13-7-8-14-21(19)24(23(20)18-11-5-2-6-12-18)15-22(26)17-9-3-1-4-10-17/h1-14,16H,15H2. The van der Waals surface area contributed by atoms with Gasteiger partial charge in [0.2, 0.25) is 0 Å². The zero-order valence-electron chi connectivity index (χ0n) is 14.1. The minimum absolute atomic E-state index is 0.0148. The quantitative estimate of drug-likeness (QED) is 0.379. The van der Waals surface area contributed by atoms with E-state index in [1.165, 1.54) is 0 Å².